The smallest absolute Gasteiger partial charge is 0.0431 e. The molecule has 0 saturated heterocycles. The molecule has 0 aliphatic rings. The lowest BCUT2D eigenvalue weighted by molar-refractivity contribution is 0.501. The number of hydrogen-bond acceptors (Lipinski definition) is 2. The number of rotatable bonds is 4. The maximum absolute atomic E-state index is 10.4. The van der Waals surface area contributed by atoms with E-state index in [-0.39, 0.29) is 6.04 Å². The summed E-state index contributed by atoms with van der Waals surface area (Å²) < 4.78 is 23.3. The first-order valence-corrected chi connectivity index (χ1v) is 5.22. The highest BCUT2D eigenvalue weighted by Crippen LogP contribution is 2.15. The standard InChI is InChI=1S/C9H13NO2S/c1-2-9(10-13(11)12)8-6-4-3-5-7-8/h3-7,9-10H,2H2,1H3,(H,11,12)/p-1. The van der Waals surface area contributed by atoms with E-state index in [1.54, 1.807) is 0 Å². The van der Waals surface area contributed by atoms with Crippen LogP contribution in [0, 0.1) is 0 Å². The summed E-state index contributed by atoms with van der Waals surface area (Å²) in [6.07, 6.45) is 0.748. The third-order valence-corrected chi connectivity index (χ3v) is 2.33. The molecule has 0 fully saturated rings. The van der Waals surface area contributed by atoms with Gasteiger partial charge in [-0.25, -0.2) is 4.72 Å². The fraction of sp³-hybridized carbons (Fsp3) is 0.333. The summed E-state index contributed by atoms with van der Waals surface area (Å²) in [5.74, 6) is 0. The Hall–Kier alpha value is -0.710. The lowest BCUT2D eigenvalue weighted by Crippen LogP contribution is -2.22. The molecule has 0 aromatic heterocycles. The second-order valence-corrected chi connectivity index (χ2v) is 3.43. The van der Waals surface area contributed by atoms with E-state index in [2.05, 4.69) is 4.72 Å². The lowest BCUT2D eigenvalue weighted by atomic mass is 10.1. The van der Waals surface area contributed by atoms with Crippen molar-refractivity contribution >= 4 is 11.3 Å². The van der Waals surface area contributed by atoms with Crippen LogP contribution in [0.4, 0.5) is 0 Å². The number of nitrogens with one attached hydrogen (secondary N) is 1. The Morgan fingerprint density at radius 2 is 2.08 bits per heavy atom. The molecule has 1 rings (SSSR count). The van der Waals surface area contributed by atoms with Gasteiger partial charge in [0.2, 0.25) is 0 Å². The highest BCUT2D eigenvalue weighted by atomic mass is 32.2. The highest BCUT2D eigenvalue weighted by Gasteiger charge is 2.06. The van der Waals surface area contributed by atoms with Crippen molar-refractivity contribution in [2.45, 2.75) is 19.4 Å². The van der Waals surface area contributed by atoms with Crippen LogP contribution in [0.3, 0.4) is 0 Å². The van der Waals surface area contributed by atoms with E-state index in [0.29, 0.717) is 0 Å². The fourth-order valence-corrected chi connectivity index (χ4v) is 1.72. The van der Waals surface area contributed by atoms with Gasteiger partial charge in [-0.15, -0.1) is 0 Å². The zero-order valence-electron chi connectivity index (χ0n) is 7.40. The molecule has 2 atom stereocenters. The van der Waals surface area contributed by atoms with E-state index in [9.17, 15) is 8.76 Å². The molecule has 0 saturated carbocycles. The number of benzene rings is 1. The molecule has 0 amide bonds. The predicted octanol–water partition coefficient (Wildman–Crippen LogP) is 1.52. The van der Waals surface area contributed by atoms with Crippen LogP contribution in [-0.4, -0.2) is 8.76 Å². The van der Waals surface area contributed by atoms with Gasteiger partial charge in [-0.05, 0) is 12.0 Å². The molecule has 1 aromatic rings. The van der Waals surface area contributed by atoms with Gasteiger partial charge in [0.1, 0.15) is 0 Å². The monoisotopic (exact) mass is 198 g/mol. The zero-order valence-corrected chi connectivity index (χ0v) is 8.21. The SMILES string of the molecule is CCC(NS(=O)[O-])c1ccccc1. The van der Waals surface area contributed by atoms with Gasteiger partial charge in [0.05, 0.1) is 0 Å². The van der Waals surface area contributed by atoms with Crippen molar-refractivity contribution in [3.8, 4) is 0 Å². The molecule has 72 valence electrons. The molecule has 0 bridgehead atoms. The Kier molecular flexibility index (Phi) is 4.08. The summed E-state index contributed by atoms with van der Waals surface area (Å²) in [5.41, 5.74) is 0.995. The fourth-order valence-electron chi connectivity index (χ4n) is 1.19. The van der Waals surface area contributed by atoms with Gasteiger partial charge in [0.15, 0.2) is 0 Å². The molecule has 0 heterocycles. The molecule has 3 nitrogen and oxygen atoms in total. The van der Waals surface area contributed by atoms with Gasteiger partial charge in [0, 0.05) is 17.3 Å². The molecule has 0 radical (unpaired) electrons. The largest absolute Gasteiger partial charge is 0.760 e. The van der Waals surface area contributed by atoms with Gasteiger partial charge in [-0.1, -0.05) is 37.3 Å². The highest BCUT2D eigenvalue weighted by molar-refractivity contribution is 7.77. The van der Waals surface area contributed by atoms with Crippen LogP contribution in [0.5, 0.6) is 0 Å². The first-order valence-electron chi connectivity index (χ1n) is 4.14. The van der Waals surface area contributed by atoms with Crippen molar-refractivity contribution < 1.29 is 8.76 Å². The van der Waals surface area contributed by atoms with E-state index >= 15 is 0 Å². The minimum atomic E-state index is -2.20. The van der Waals surface area contributed by atoms with Crippen molar-refractivity contribution in [1.82, 2.24) is 4.72 Å². The molecule has 2 unspecified atom stereocenters. The third kappa shape index (κ3) is 3.26. The molecule has 0 aliphatic carbocycles. The van der Waals surface area contributed by atoms with Gasteiger partial charge < -0.3 is 4.55 Å². The molecule has 1 N–H and O–H groups in total. The van der Waals surface area contributed by atoms with Crippen molar-refractivity contribution in [1.29, 1.82) is 0 Å². The Morgan fingerprint density at radius 1 is 1.46 bits per heavy atom. The van der Waals surface area contributed by atoms with Gasteiger partial charge in [0.25, 0.3) is 0 Å². The van der Waals surface area contributed by atoms with Gasteiger partial charge in [-0.3, -0.25) is 4.21 Å². The summed E-state index contributed by atoms with van der Waals surface area (Å²) in [7, 11) is 0. The maximum atomic E-state index is 10.4. The minimum absolute atomic E-state index is 0.112. The van der Waals surface area contributed by atoms with Gasteiger partial charge in [-0.2, -0.15) is 0 Å². The van der Waals surface area contributed by atoms with E-state index < -0.39 is 11.3 Å². The topological polar surface area (TPSA) is 52.2 Å². The van der Waals surface area contributed by atoms with Crippen LogP contribution in [-0.2, 0) is 11.3 Å². The summed E-state index contributed by atoms with van der Waals surface area (Å²) in [5, 5.41) is 0. The summed E-state index contributed by atoms with van der Waals surface area (Å²) in [4.78, 5) is 0. The van der Waals surface area contributed by atoms with E-state index in [1.165, 1.54) is 0 Å². The van der Waals surface area contributed by atoms with E-state index in [4.69, 9.17) is 0 Å². The van der Waals surface area contributed by atoms with Crippen LogP contribution in [0.2, 0.25) is 0 Å². The van der Waals surface area contributed by atoms with E-state index in [1.807, 2.05) is 37.3 Å². The summed E-state index contributed by atoms with van der Waals surface area (Å²) >= 11 is -2.20. The van der Waals surface area contributed by atoms with Crippen LogP contribution in [0.1, 0.15) is 24.9 Å². The first kappa shape index (κ1) is 10.4. The second-order valence-electron chi connectivity index (χ2n) is 2.72. The Labute approximate surface area is 80.6 Å². The first-order chi connectivity index (χ1) is 6.24. The van der Waals surface area contributed by atoms with Crippen molar-refractivity contribution in [3.63, 3.8) is 0 Å². The minimum Gasteiger partial charge on any atom is -0.760 e. The predicted molar refractivity (Wildman–Crippen MR) is 51.5 cm³/mol. The Bertz CT molecular complexity index is 276. The average molecular weight is 198 g/mol. The van der Waals surface area contributed by atoms with Crippen LogP contribution < -0.4 is 4.72 Å². The Balaban J connectivity index is 2.73. The maximum Gasteiger partial charge on any atom is 0.0431 e. The van der Waals surface area contributed by atoms with E-state index in [0.717, 1.165) is 12.0 Å². The summed E-state index contributed by atoms with van der Waals surface area (Å²) in [6.45, 7) is 1.94. The molecule has 0 aliphatic heterocycles. The third-order valence-electron chi connectivity index (χ3n) is 1.85. The molecule has 13 heavy (non-hydrogen) atoms. The van der Waals surface area contributed by atoms with Gasteiger partial charge >= 0.3 is 0 Å². The molecule has 4 heteroatoms. The summed E-state index contributed by atoms with van der Waals surface area (Å²) in [6, 6.07) is 9.41. The quantitative estimate of drug-likeness (QED) is 0.746. The Morgan fingerprint density at radius 3 is 2.54 bits per heavy atom. The molecule has 0 spiro atoms. The number of hydrogen-bond donors (Lipinski definition) is 1. The lowest BCUT2D eigenvalue weighted by Gasteiger charge is -2.18. The average Bonchev–Trinajstić information content (AvgIpc) is 2.15. The molecular weight excluding hydrogens is 186 g/mol. The van der Waals surface area contributed by atoms with Crippen molar-refractivity contribution in [2.24, 2.45) is 0 Å². The van der Waals surface area contributed by atoms with Crippen LogP contribution in [0.15, 0.2) is 30.3 Å². The second kappa shape index (κ2) is 5.11. The molecular formula is C9H12NO2S-. The zero-order chi connectivity index (χ0) is 9.68. The normalized spacial score (nSPS) is 15.2. The van der Waals surface area contributed by atoms with Crippen molar-refractivity contribution in [3.05, 3.63) is 35.9 Å². The van der Waals surface area contributed by atoms with Crippen LogP contribution >= 0.6 is 0 Å². The molecule has 1 aromatic carbocycles. The van der Waals surface area contributed by atoms with Crippen LogP contribution in [0.25, 0.3) is 0 Å². The van der Waals surface area contributed by atoms with Crippen molar-refractivity contribution in [2.75, 3.05) is 0 Å².